The monoisotopic (exact) mass is 1440 g/mol. The second-order valence-electron chi connectivity index (χ2n) is 29.6. The van der Waals surface area contributed by atoms with E-state index in [-0.39, 0.29) is 25.7 Å². The number of carbonyl (C=O) groups excluding carboxylic acids is 4. The molecule has 0 fully saturated rings. The molecule has 0 aliphatic rings. The number of carbonyl (C=O) groups is 4. The minimum absolute atomic E-state index is 0.104. The number of hydrogen-bond donors (Lipinski definition) is 3. The lowest BCUT2D eigenvalue weighted by atomic mass is 9.99. The van der Waals surface area contributed by atoms with Gasteiger partial charge in [-0.1, -0.05) is 357 Å². The lowest BCUT2D eigenvalue weighted by molar-refractivity contribution is -0.161. The van der Waals surface area contributed by atoms with E-state index in [0.29, 0.717) is 31.6 Å². The van der Waals surface area contributed by atoms with Crippen molar-refractivity contribution in [1.29, 1.82) is 0 Å². The van der Waals surface area contributed by atoms with Gasteiger partial charge >= 0.3 is 39.5 Å². The number of hydrogen-bond acceptors (Lipinski definition) is 15. The summed E-state index contributed by atoms with van der Waals surface area (Å²) < 4.78 is 68.6. The van der Waals surface area contributed by atoms with Crippen LogP contribution in [0, 0.1) is 17.8 Å². The van der Waals surface area contributed by atoms with Gasteiger partial charge in [-0.05, 0) is 43.4 Å². The molecule has 6 atom stereocenters. The number of aliphatic hydroxyl groups excluding tert-OH is 1. The van der Waals surface area contributed by atoms with E-state index in [0.717, 1.165) is 108 Å². The number of phosphoric acid groups is 2. The van der Waals surface area contributed by atoms with Gasteiger partial charge in [-0.25, -0.2) is 9.13 Å². The molecule has 0 aromatic heterocycles. The molecule has 0 radical (unpaired) electrons. The summed E-state index contributed by atoms with van der Waals surface area (Å²) >= 11 is 0. The Balaban J connectivity index is 5.24. The normalized spacial score (nSPS) is 14.3. The van der Waals surface area contributed by atoms with Crippen molar-refractivity contribution in [3.8, 4) is 0 Å². The van der Waals surface area contributed by atoms with Crippen LogP contribution in [0.15, 0.2) is 0 Å². The Labute approximate surface area is 600 Å². The predicted molar refractivity (Wildman–Crippen MR) is 400 cm³/mol. The maximum atomic E-state index is 13.1. The van der Waals surface area contributed by atoms with Crippen LogP contribution in [0.4, 0.5) is 0 Å². The average Bonchev–Trinajstić information content (AvgIpc) is 0.975. The Kier molecular flexibility index (Phi) is 68.1. The molecule has 0 saturated heterocycles. The highest BCUT2D eigenvalue weighted by Gasteiger charge is 2.30. The molecular weight excluding hydrogens is 1280 g/mol. The average molecular weight is 1440 g/mol. The van der Waals surface area contributed by atoms with Crippen molar-refractivity contribution in [2.75, 3.05) is 39.6 Å². The first-order valence-electron chi connectivity index (χ1n) is 40.9. The lowest BCUT2D eigenvalue weighted by Gasteiger charge is -2.21. The summed E-state index contributed by atoms with van der Waals surface area (Å²) in [6.45, 7) is 11.9. The zero-order valence-corrected chi connectivity index (χ0v) is 66.0. The Morgan fingerprint density at radius 3 is 0.776 bits per heavy atom. The second kappa shape index (κ2) is 69.4. The van der Waals surface area contributed by atoms with Gasteiger partial charge in [0.1, 0.15) is 19.3 Å². The van der Waals surface area contributed by atoms with Gasteiger partial charge in [-0.15, -0.1) is 0 Å². The third-order valence-electron chi connectivity index (χ3n) is 18.7. The molecule has 0 saturated carbocycles. The predicted octanol–water partition coefficient (Wildman–Crippen LogP) is 23.4. The van der Waals surface area contributed by atoms with Crippen molar-refractivity contribution < 1.29 is 80.2 Å². The quantitative estimate of drug-likeness (QED) is 0.0222. The molecule has 0 rings (SSSR count). The fourth-order valence-corrected chi connectivity index (χ4v) is 13.7. The van der Waals surface area contributed by atoms with Crippen LogP contribution in [0.3, 0.4) is 0 Å². The minimum Gasteiger partial charge on any atom is -0.462 e. The molecule has 0 amide bonds. The van der Waals surface area contributed by atoms with E-state index in [1.54, 1.807) is 0 Å². The molecular formula is C79H154O17P2. The van der Waals surface area contributed by atoms with Gasteiger partial charge in [-0.2, -0.15) is 0 Å². The summed E-state index contributed by atoms with van der Waals surface area (Å²) in [5.74, 6) is 0.168. The van der Waals surface area contributed by atoms with Crippen LogP contribution in [0.25, 0.3) is 0 Å². The van der Waals surface area contributed by atoms with E-state index in [2.05, 4.69) is 48.5 Å². The zero-order chi connectivity index (χ0) is 72.3. The Morgan fingerprint density at radius 2 is 0.520 bits per heavy atom. The van der Waals surface area contributed by atoms with Crippen LogP contribution < -0.4 is 0 Å². The molecule has 17 nitrogen and oxygen atoms in total. The van der Waals surface area contributed by atoms with Gasteiger partial charge in [0.25, 0.3) is 0 Å². The van der Waals surface area contributed by atoms with Gasteiger partial charge in [0, 0.05) is 25.7 Å². The number of rotatable bonds is 77. The highest BCUT2D eigenvalue weighted by atomic mass is 31.2. The highest BCUT2D eigenvalue weighted by Crippen LogP contribution is 2.45. The third kappa shape index (κ3) is 71.1. The van der Waals surface area contributed by atoms with Crippen molar-refractivity contribution in [3.05, 3.63) is 0 Å². The molecule has 0 aromatic carbocycles. The Hall–Kier alpha value is -1.94. The van der Waals surface area contributed by atoms with Gasteiger partial charge in [0.05, 0.1) is 26.4 Å². The molecule has 98 heavy (non-hydrogen) atoms. The first-order valence-corrected chi connectivity index (χ1v) is 43.9. The minimum atomic E-state index is -4.96. The molecule has 0 spiro atoms. The standard InChI is InChI=1S/C79H154O17P2/c1-8-10-11-12-13-14-15-16-17-18-22-25-28-31-39-46-53-60-76(81)89-66-74(95-78(83)62-55-48-40-32-29-26-23-20-19-21-24-27-30-36-43-50-57-70(3)4)68-93-97(85,86)91-64-73(80)65-92-98(87,88)94-69-75(67-90-77(82)61-54-47-42-35-37-44-51-58-71(5)6)96-79(84)63-56-49-41-34-33-38-45-52-59-72(7)9-2/h70-75,80H,8-69H2,1-7H3,(H,85,86)(H,87,88)/t72?,73-,74-,75-/m1/s1. The largest absolute Gasteiger partial charge is 0.472 e. The molecule has 0 heterocycles. The summed E-state index contributed by atoms with van der Waals surface area (Å²) in [5.41, 5.74) is 0. The van der Waals surface area contributed by atoms with Crippen molar-refractivity contribution in [2.45, 2.75) is 426 Å². The number of aliphatic hydroxyl groups is 1. The van der Waals surface area contributed by atoms with Crippen LogP contribution in [-0.2, 0) is 65.4 Å². The summed E-state index contributed by atoms with van der Waals surface area (Å²) in [7, 11) is -9.92. The lowest BCUT2D eigenvalue weighted by Crippen LogP contribution is -2.30. The molecule has 582 valence electrons. The molecule has 0 aromatic rings. The fourth-order valence-electron chi connectivity index (χ4n) is 12.1. The molecule has 3 unspecified atom stereocenters. The SMILES string of the molecule is CCCCCCCCCCCCCCCCCCCC(=O)OC[C@H](COP(=O)(O)OC[C@@H](O)COP(=O)(O)OC[C@@H](COC(=O)CCCCCCCCCC(C)C)OC(=O)CCCCCCCCCCC(C)CC)OC(=O)CCCCCCCCCCCCCCCCCCC(C)C. The fraction of sp³-hybridized carbons (Fsp3) is 0.949. The number of ether oxygens (including phenoxy) is 4. The summed E-state index contributed by atoms with van der Waals surface area (Å²) in [6, 6.07) is 0. The zero-order valence-electron chi connectivity index (χ0n) is 64.3. The van der Waals surface area contributed by atoms with E-state index in [9.17, 15) is 43.2 Å². The van der Waals surface area contributed by atoms with E-state index in [4.69, 9.17) is 37.0 Å². The Bertz CT molecular complexity index is 1910. The second-order valence-corrected chi connectivity index (χ2v) is 32.6. The van der Waals surface area contributed by atoms with Crippen molar-refractivity contribution in [3.63, 3.8) is 0 Å². The highest BCUT2D eigenvalue weighted by molar-refractivity contribution is 7.47. The number of unbranched alkanes of at least 4 members (excludes halogenated alkanes) is 44. The maximum Gasteiger partial charge on any atom is 0.472 e. The van der Waals surface area contributed by atoms with Gasteiger partial charge in [-0.3, -0.25) is 37.3 Å². The van der Waals surface area contributed by atoms with E-state index >= 15 is 0 Å². The number of phosphoric ester groups is 2. The van der Waals surface area contributed by atoms with Crippen LogP contribution in [0.2, 0.25) is 0 Å². The molecule has 0 bridgehead atoms. The van der Waals surface area contributed by atoms with E-state index in [1.165, 1.54) is 212 Å². The molecule has 0 aliphatic carbocycles. The van der Waals surface area contributed by atoms with Gasteiger partial charge in [0.15, 0.2) is 12.2 Å². The van der Waals surface area contributed by atoms with Crippen molar-refractivity contribution in [2.24, 2.45) is 17.8 Å². The van der Waals surface area contributed by atoms with Crippen molar-refractivity contribution >= 4 is 39.5 Å². The third-order valence-corrected chi connectivity index (χ3v) is 20.6. The van der Waals surface area contributed by atoms with Crippen LogP contribution >= 0.6 is 15.6 Å². The topological polar surface area (TPSA) is 237 Å². The van der Waals surface area contributed by atoms with Crippen LogP contribution in [0.1, 0.15) is 408 Å². The number of esters is 4. The summed E-state index contributed by atoms with van der Waals surface area (Å²) in [5, 5.41) is 10.6. The molecule has 3 N–H and O–H groups in total. The smallest absolute Gasteiger partial charge is 0.462 e. The first-order chi connectivity index (χ1) is 47.3. The van der Waals surface area contributed by atoms with Gasteiger partial charge < -0.3 is 33.8 Å². The van der Waals surface area contributed by atoms with E-state index < -0.39 is 97.5 Å². The molecule has 19 heteroatoms. The Morgan fingerprint density at radius 1 is 0.296 bits per heavy atom. The van der Waals surface area contributed by atoms with E-state index in [1.807, 2.05) is 0 Å². The summed E-state index contributed by atoms with van der Waals surface area (Å²) in [4.78, 5) is 72.9. The van der Waals surface area contributed by atoms with Gasteiger partial charge in [0.2, 0.25) is 0 Å². The summed E-state index contributed by atoms with van der Waals surface area (Å²) in [6.07, 6.45) is 57.0. The van der Waals surface area contributed by atoms with Crippen LogP contribution in [0.5, 0.6) is 0 Å². The first kappa shape index (κ1) is 96.1. The van der Waals surface area contributed by atoms with Crippen LogP contribution in [-0.4, -0.2) is 96.7 Å². The molecule has 0 aliphatic heterocycles. The maximum absolute atomic E-state index is 13.1. The van der Waals surface area contributed by atoms with Crippen molar-refractivity contribution in [1.82, 2.24) is 0 Å².